The molecule has 0 fully saturated rings. The summed E-state index contributed by atoms with van der Waals surface area (Å²) < 4.78 is 4.95. The lowest BCUT2D eigenvalue weighted by Gasteiger charge is -2.06. The van der Waals surface area contributed by atoms with Crippen LogP contribution >= 0.6 is 11.6 Å². The molecule has 0 aromatic heterocycles. The van der Waals surface area contributed by atoms with E-state index in [2.05, 4.69) is 0 Å². The van der Waals surface area contributed by atoms with Gasteiger partial charge in [-0.25, -0.2) is 0 Å². The minimum absolute atomic E-state index is 0.363. The van der Waals surface area contributed by atoms with Crippen LogP contribution in [0.2, 0.25) is 0 Å². The molecule has 0 aliphatic carbocycles. The molecule has 0 saturated heterocycles. The summed E-state index contributed by atoms with van der Waals surface area (Å²) in [6.45, 7) is 1.72. The molecule has 1 aromatic rings. The first-order valence-corrected chi connectivity index (χ1v) is 4.26. The third-order valence-corrected chi connectivity index (χ3v) is 2.08. The average Bonchev–Trinajstić information content (AvgIpc) is 2.16. The van der Waals surface area contributed by atoms with Crippen LogP contribution in [0.4, 0.5) is 0 Å². The van der Waals surface area contributed by atoms with E-state index in [0.29, 0.717) is 22.4 Å². The van der Waals surface area contributed by atoms with Gasteiger partial charge in [-0.15, -0.1) is 0 Å². The fraction of sp³-hybridized carbons (Fsp3) is 0.200. The van der Waals surface area contributed by atoms with Crippen LogP contribution in [0.3, 0.4) is 0 Å². The maximum atomic E-state index is 11.0. The van der Waals surface area contributed by atoms with E-state index in [1.807, 2.05) is 6.07 Å². The van der Waals surface area contributed by atoms with Gasteiger partial charge in [-0.05, 0) is 36.2 Å². The Kier molecular flexibility index (Phi) is 3.10. The normalized spacial score (nSPS) is 9.29. The predicted molar refractivity (Wildman–Crippen MR) is 52.6 cm³/mol. The summed E-state index contributed by atoms with van der Waals surface area (Å²) in [7, 11) is 1.44. The van der Waals surface area contributed by atoms with Crippen molar-refractivity contribution in [2.45, 2.75) is 6.92 Å². The molecule has 72 valence electrons. The predicted octanol–water partition coefficient (Wildman–Crippen LogP) is 2.25. The van der Waals surface area contributed by atoms with Gasteiger partial charge in [0.15, 0.2) is 0 Å². The van der Waals surface area contributed by atoms with Crippen molar-refractivity contribution in [1.82, 2.24) is 0 Å². The van der Waals surface area contributed by atoms with Crippen LogP contribution in [0.5, 0.6) is 5.75 Å². The van der Waals surface area contributed by atoms with Crippen LogP contribution < -0.4 is 4.74 Å². The zero-order chi connectivity index (χ0) is 10.7. The Labute approximate surface area is 86.9 Å². The number of benzene rings is 1. The van der Waals surface area contributed by atoms with E-state index in [4.69, 9.17) is 21.6 Å². The molecule has 0 unspecified atom stereocenters. The molecule has 0 N–H and O–H groups in total. The van der Waals surface area contributed by atoms with Gasteiger partial charge in [-0.2, -0.15) is 5.26 Å². The number of carbonyl (C=O) groups is 1. The third-order valence-electron chi connectivity index (χ3n) is 1.88. The summed E-state index contributed by atoms with van der Waals surface area (Å²) in [6, 6.07) is 5.03. The number of rotatable bonds is 2. The summed E-state index contributed by atoms with van der Waals surface area (Å²) in [5.41, 5.74) is 1.43. The maximum Gasteiger partial charge on any atom is 0.252 e. The molecule has 0 spiro atoms. The van der Waals surface area contributed by atoms with Crippen molar-refractivity contribution in [3.05, 3.63) is 28.8 Å². The molecule has 0 amide bonds. The van der Waals surface area contributed by atoms with Gasteiger partial charge in [0.1, 0.15) is 11.8 Å². The molecule has 0 radical (unpaired) electrons. The van der Waals surface area contributed by atoms with Crippen LogP contribution in [-0.2, 0) is 0 Å². The molecule has 1 rings (SSSR count). The zero-order valence-electron chi connectivity index (χ0n) is 7.80. The Bertz CT molecular complexity index is 421. The number of nitrogens with zero attached hydrogens (tertiary/aromatic N) is 1. The number of hydrogen-bond donors (Lipinski definition) is 0. The monoisotopic (exact) mass is 209 g/mol. The molecule has 0 aliphatic rings. The van der Waals surface area contributed by atoms with Crippen LogP contribution in [0.25, 0.3) is 0 Å². The molecular formula is C10H8ClNO2. The van der Waals surface area contributed by atoms with Gasteiger partial charge in [-0.1, -0.05) is 0 Å². The van der Waals surface area contributed by atoms with Crippen LogP contribution in [0, 0.1) is 18.3 Å². The number of halogens is 1. The minimum Gasteiger partial charge on any atom is -0.495 e. The van der Waals surface area contributed by atoms with Crippen molar-refractivity contribution in [3.8, 4) is 11.8 Å². The summed E-state index contributed by atoms with van der Waals surface area (Å²) >= 11 is 5.36. The maximum absolute atomic E-state index is 11.0. The highest BCUT2D eigenvalue weighted by molar-refractivity contribution is 6.67. The molecule has 1 aromatic carbocycles. The van der Waals surface area contributed by atoms with Crippen LogP contribution in [0.15, 0.2) is 12.1 Å². The standard InChI is InChI=1S/C10H8ClNO2/c1-6-3-7(5-12)9(14-2)4-8(6)10(11)13/h3-4H,1-2H3. The number of aryl methyl sites for hydroxylation is 1. The SMILES string of the molecule is COc1cc(C(=O)Cl)c(C)cc1C#N. The summed E-state index contributed by atoms with van der Waals surface area (Å²) in [5, 5.41) is 8.20. The lowest BCUT2D eigenvalue weighted by Crippen LogP contribution is -1.97. The van der Waals surface area contributed by atoms with Gasteiger partial charge in [-0.3, -0.25) is 4.79 Å². The average molecular weight is 210 g/mol. The number of methoxy groups -OCH3 is 1. The van der Waals surface area contributed by atoms with E-state index >= 15 is 0 Å². The van der Waals surface area contributed by atoms with Gasteiger partial charge in [0.2, 0.25) is 0 Å². The summed E-state index contributed by atoms with van der Waals surface area (Å²) in [5.74, 6) is 0.363. The second-order valence-corrected chi connectivity index (χ2v) is 3.10. The molecule has 0 saturated carbocycles. The Morgan fingerprint density at radius 3 is 2.64 bits per heavy atom. The van der Waals surface area contributed by atoms with Gasteiger partial charge >= 0.3 is 0 Å². The van der Waals surface area contributed by atoms with Crippen molar-refractivity contribution >= 4 is 16.8 Å². The number of ether oxygens (including phenoxy) is 1. The molecule has 14 heavy (non-hydrogen) atoms. The molecule has 0 aliphatic heterocycles. The minimum atomic E-state index is -0.551. The van der Waals surface area contributed by atoms with E-state index in [9.17, 15) is 4.79 Å². The number of nitriles is 1. The van der Waals surface area contributed by atoms with Crippen molar-refractivity contribution in [1.29, 1.82) is 5.26 Å². The third kappa shape index (κ3) is 1.86. The number of carbonyl (C=O) groups excluding carboxylic acids is 1. The van der Waals surface area contributed by atoms with Crippen molar-refractivity contribution in [3.63, 3.8) is 0 Å². The largest absolute Gasteiger partial charge is 0.495 e. The fourth-order valence-electron chi connectivity index (χ4n) is 1.16. The van der Waals surface area contributed by atoms with E-state index in [1.54, 1.807) is 13.0 Å². The highest BCUT2D eigenvalue weighted by Crippen LogP contribution is 2.23. The van der Waals surface area contributed by atoms with E-state index < -0.39 is 5.24 Å². The summed E-state index contributed by atoms with van der Waals surface area (Å²) in [6.07, 6.45) is 0. The Morgan fingerprint density at radius 1 is 1.57 bits per heavy atom. The van der Waals surface area contributed by atoms with Crippen LogP contribution in [-0.4, -0.2) is 12.4 Å². The Morgan fingerprint density at radius 2 is 2.21 bits per heavy atom. The molecular weight excluding hydrogens is 202 g/mol. The first-order chi connectivity index (χ1) is 6.60. The molecule has 4 heteroatoms. The van der Waals surface area contributed by atoms with Gasteiger partial charge < -0.3 is 4.74 Å². The molecule has 0 heterocycles. The quantitative estimate of drug-likeness (QED) is 0.702. The smallest absolute Gasteiger partial charge is 0.252 e. The highest BCUT2D eigenvalue weighted by atomic mass is 35.5. The number of hydrogen-bond acceptors (Lipinski definition) is 3. The van der Waals surface area contributed by atoms with Gasteiger partial charge in [0.25, 0.3) is 5.24 Å². The second-order valence-electron chi connectivity index (χ2n) is 2.75. The Hall–Kier alpha value is -1.53. The van der Waals surface area contributed by atoms with Crippen molar-refractivity contribution in [2.75, 3.05) is 7.11 Å². The lowest BCUT2D eigenvalue weighted by molar-refractivity contribution is 0.108. The first-order valence-electron chi connectivity index (χ1n) is 3.88. The van der Waals surface area contributed by atoms with E-state index in [-0.39, 0.29) is 0 Å². The van der Waals surface area contributed by atoms with E-state index in [1.165, 1.54) is 13.2 Å². The van der Waals surface area contributed by atoms with Crippen LogP contribution in [0.1, 0.15) is 21.5 Å². The zero-order valence-corrected chi connectivity index (χ0v) is 8.55. The van der Waals surface area contributed by atoms with Crippen molar-refractivity contribution in [2.24, 2.45) is 0 Å². The summed E-state index contributed by atoms with van der Waals surface area (Å²) in [4.78, 5) is 11.0. The first kappa shape index (κ1) is 10.6. The molecule has 3 nitrogen and oxygen atoms in total. The highest BCUT2D eigenvalue weighted by Gasteiger charge is 2.11. The van der Waals surface area contributed by atoms with Gasteiger partial charge in [0, 0.05) is 5.56 Å². The molecule has 0 bridgehead atoms. The van der Waals surface area contributed by atoms with Crippen molar-refractivity contribution < 1.29 is 9.53 Å². The second kappa shape index (κ2) is 4.12. The van der Waals surface area contributed by atoms with E-state index in [0.717, 1.165) is 0 Å². The lowest BCUT2D eigenvalue weighted by atomic mass is 10.1. The molecule has 0 atom stereocenters. The van der Waals surface area contributed by atoms with Gasteiger partial charge in [0.05, 0.1) is 12.7 Å². The topological polar surface area (TPSA) is 50.1 Å². The Balaban J connectivity index is 3.39. The fourth-order valence-corrected chi connectivity index (χ4v) is 1.36.